The molecule has 168 valence electrons. The second-order valence-corrected chi connectivity index (χ2v) is 8.47. The first-order chi connectivity index (χ1) is 15.4. The van der Waals surface area contributed by atoms with Crippen molar-refractivity contribution in [1.82, 2.24) is 9.88 Å². The number of hydrogen-bond donors (Lipinski definition) is 1. The van der Waals surface area contributed by atoms with Crippen LogP contribution in [0.15, 0.2) is 42.5 Å². The van der Waals surface area contributed by atoms with Crippen molar-refractivity contribution < 1.29 is 18.7 Å². The lowest BCUT2D eigenvalue weighted by molar-refractivity contribution is -0.143. The number of nitrogens with one attached hydrogen (secondary N) is 1. The van der Waals surface area contributed by atoms with Gasteiger partial charge in [-0.1, -0.05) is 29.8 Å². The molecule has 1 amide bonds. The van der Waals surface area contributed by atoms with Crippen LogP contribution in [0.2, 0.25) is 0 Å². The summed E-state index contributed by atoms with van der Waals surface area (Å²) in [6.45, 7) is 4.26. The second kappa shape index (κ2) is 9.55. The Morgan fingerprint density at radius 3 is 2.72 bits per heavy atom. The van der Waals surface area contributed by atoms with Crippen molar-refractivity contribution in [3.05, 3.63) is 70.7 Å². The van der Waals surface area contributed by atoms with Gasteiger partial charge in [0.25, 0.3) is 0 Å². The number of amides is 1. The molecule has 3 aromatic rings. The average molecular weight is 437 g/mol. The van der Waals surface area contributed by atoms with Crippen molar-refractivity contribution in [2.75, 3.05) is 6.61 Å². The monoisotopic (exact) mass is 436 g/mol. The molecular weight excluding hydrogens is 407 g/mol. The summed E-state index contributed by atoms with van der Waals surface area (Å²) in [6, 6.07) is 12.9. The number of aryl methyl sites for hydroxylation is 2. The molecule has 1 aliphatic rings. The minimum absolute atomic E-state index is 0.00192. The Kier molecular flexibility index (Phi) is 6.58. The van der Waals surface area contributed by atoms with E-state index in [0.29, 0.717) is 32.3 Å². The number of fused-ring (bicyclic) bond motifs is 3. The van der Waals surface area contributed by atoms with Gasteiger partial charge in [-0.05, 0) is 68.9 Å². The van der Waals surface area contributed by atoms with E-state index < -0.39 is 0 Å². The molecule has 0 aliphatic heterocycles. The van der Waals surface area contributed by atoms with E-state index in [1.165, 1.54) is 17.7 Å². The molecule has 1 atom stereocenters. The van der Waals surface area contributed by atoms with Crippen LogP contribution in [-0.2, 0) is 40.1 Å². The fourth-order valence-electron chi connectivity index (χ4n) is 4.57. The topological polar surface area (TPSA) is 60.3 Å². The van der Waals surface area contributed by atoms with Crippen LogP contribution >= 0.6 is 0 Å². The average Bonchev–Trinajstić information content (AvgIpc) is 3.06. The highest BCUT2D eigenvalue weighted by Crippen LogP contribution is 2.33. The predicted molar refractivity (Wildman–Crippen MR) is 122 cm³/mol. The summed E-state index contributed by atoms with van der Waals surface area (Å²) in [6.07, 6.45) is 3.26. The minimum atomic E-state index is -0.308. The zero-order chi connectivity index (χ0) is 22.7. The second-order valence-electron chi connectivity index (χ2n) is 8.47. The van der Waals surface area contributed by atoms with Crippen LogP contribution in [0.1, 0.15) is 42.1 Å². The Labute approximate surface area is 187 Å². The van der Waals surface area contributed by atoms with Crippen LogP contribution in [0.3, 0.4) is 0 Å². The third-order valence-corrected chi connectivity index (χ3v) is 6.15. The molecule has 0 unspecified atom stereocenters. The molecule has 0 saturated heterocycles. The Morgan fingerprint density at radius 2 is 1.97 bits per heavy atom. The van der Waals surface area contributed by atoms with Crippen LogP contribution in [0.25, 0.3) is 10.9 Å². The number of hydrogen-bond acceptors (Lipinski definition) is 3. The van der Waals surface area contributed by atoms with E-state index in [2.05, 4.69) is 29.6 Å². The first kappa shape index (κ1) is 22.1. The van der Waals surface area contributed by atoms with E-state index >= 15 is 0 Å². The number of halogens is 1. The van der Waals surface area contributed by atoms with E-state index in [9.17, 15) is 14.0 Å². The van der Waals surface area contributed by atoms with Crippen LogP contribution in [0, 0.1) is 12.7 Å². The lowest BCUT2D eigenvalue weighted by Crippen LogP contribution is -2.39. The van der Waals surface area contributed by atoms with Crippen LogP contribution in [0.5, 0.6) is 0 Å². The van der Waals surface area contributed by atoms with Crippen molar-refractivity contribution in [2.24, 2.45) is 0 Å². The number of carbonyl (C=O) groups excluding carboxylic acids is 2. The van der Waals surface area contributed by atoms with Gasteiger partial charge in [-0.25, -0.2) is 4.39 Å². The van der Waals surface area contributed by atoms with Crippen molar-refractivity contribution in [2.45, 2.75) is 58.5 Å². The lowest BCUT2D eigenvalue weighted by Gasteiger charge is -2.25. The smallest absolute Gasteiger partial charge is 0.325 e. The summed E-state index contributed by atoms with van der Waals surface area (Å²) in [5.74, 6) is -0.582. The highest BCUT2D eigenvalue weighted by Gasteiger charge is 2.27. The van der Waals surface area contributed by atoms with Gasteiger partial charge in [0.2, 0.25) is 5.91 Å². The zero-order valence-electron chi connectivity index (χ0n) is 18.6. The predicted octanol–water partition coefficient (Wildman–Crippen LogP) is 4.26. The molecular formula is C26H29FN2O3. The fourth-order valence-corrected chi connectivity index (χ4v) is 4.57. The largest absolute Gasteiger partial charge is 0.465 e. The molecule has 1 N–H and O–H groups in total. The fraction of sp³-hybridized carbons (Fsp3) is 0.385. The highest BCUT2D eigenvalue weighted by atomic mass is 19.1. The highest BCUT2D eigenvalue weighted by molar-refractivity contribution is 5.87. The van der Waals surface area contributed by atoms with Gasteiger partial charge < -0.3 is 14.6 Å². The molecule has 4 rings (SSSR count). The molecule has 0 saturated carbocycles. The van der Waals surface area contributed by atoms with Crippen molar-refractivity contribution >= 4 is 22.8 Å². The van der Waals surface area contributed by atoms with Gasteiger partial charge in [0.15, 0.2) is 0 Å². The quantitative estimate of drug-likeness (QED) is 0.563. The molecule has 6 heteroatoms. The summed E-state index contributed by atoms with van der Waals surface area (Å²) in [7, 11) is 0. The van der Waals surface area contributed by atoms with Gasteiger partial charge in [0.1, 0.15) is 12.4 Å². The van der Waals surface area contributed by atoms with Crippen LogP contribution in [0.4, 0.5) is 4.39 Å². The molecule has 1 aromatic heterocycles. The Bertz CT molecular complexity index is 1130. The zero-order valence-corrected chi connectivity index (χ0v) is 18.6. The first-order valence-corrected chi connectivity index (χ1v) is 11.2. The van der Waals surface area contributed by atoms with Gasteiger partial charge in [0, 0.05) is 29.1 Å². The normalized spacial score (nSPS) is 15.4. The molecule has 0 radical (unpaired) electrons. The summed E-state index contributed by atoms with van der Waals surface area (Å²) < 4.78 is 21.1. The maximum Gasteiger partial charge on any atom is 0.325 e. The van der Waals surface area contributed by atoms with E-state index in [1.54, 1.807) is 13.0 Å². The molecule has 0 fully saturated rings. The maximum atomic E-state index is 14.0. The van der Waals surface area contributed by atoms with Gasteiger partial charge in [-0.3, -0.25) is 9.59 Å². The van der Waals surface area contributed by atoms with Crippen molar-refractivity contribution in [3.8, 4) is 0 Å². The Morgan fingerprint density at radius 1 is 1.19 bits per heavy atom. The van der Waals surface area contributed by atoms with E-state index in [-0.39, 0.29) is 30.3 Å². The number of aromatic nitrogens is 1. The number of benzene rings is 2. The first-order valence-electron chi connectivity index (χ1n) is 11.2. The van der Waals surface area contributed by atoms with Crippen molar-refractivity contribution in [3.63, 3.8) is 0 Å². The summed E-state index contributed by atoms with van der Waals surface area (Å²) >= 11 is 0. The lowest BCUT2D eigenvalue weighted by atomic mass is 9.91. The van der Waals surface area contributed by atoms with Gasteiger partial charge in [-0.2, -0.15) is 0 Å². The van der Waals surface area contributed by atoms with Crippen molar-refractivity contribution in [1.29, 1.82) is 0 Å². The van der Waals surface area contributed by atoms with Gasteiger partial charge >= 0.3 is 5.97 Å². The minimum Gasteiger partial charge on any atom is -0.465 e. The van der Waals surface area contributed by atoms with E-state index in [1.807, 2.05) is 11.5 Å². The van der Waals surface area contributed by atoms with E-state index in [4.69, 9.17) is 4.74 Å². The number of rotatable bonds is 7. The third-order valence-electron chi connectivity index (χ3n) is 6.15. The van der Waals surface area contributed by atoms with Crippen LogP contribution < -0.4 is 5.32 Å². The molecule has 0 bridgehead atoms. The summed E-state index contributed by atoms with van der Waals surface area (Å²) in [5, 5.41) is 3.97. The molecule has 32 heavy (non-hydrogen) atoms. The standard InChI is InChI=1S/C26H29FN2O3/c1-3-32-26(31)16-29-23-11-9-19(27)14-21(23)22-15-20(10-12-24(22)29)28-25(30)13-8-18-6-4-17(2)5-7-18/h4-7,9,11,14,20H,3,8,10,12-13,15-16H2,1-2H3,(H,28,30)/t20-/m1/s1. The molecule has 1 heterocycles. The van der Waals surface area contributed by atoms with Gasteiger partial charge in [-0.15, -0.1) is 0 Å². The Hall–Kier alpha value is -3.15. The molecule has 0 spiro atoms. The molecule has 1 aliphatic carbocycles. The number of ether oxygens (including phenoxy) is 1. The maximum absolute atomic E-state index is 14.0. The van der Waals surface area contributed by atoms with Gasteiger partial charge in [0.05, 0.1) is 6.61 Å². The van der Waals surface area contributed by atoms with Crippen LogP contribution in [-0.4, -0.2) is 29.1 Å². The molecule has 5 nitrogen and oxygen atoms in total. The summed E-state index contributed by atoms with van der Waals surface area (Å²) in [5.41, 5.74) is 5.22. The SMILES string of the molecule is CCOC(=O)Cn1c2c(c3cc(F)ccc31)C[C@H](NC(=O)CCc1ccc(C)cc1)CC2. The number of nitrogens with zero attached hydrogens (tertiary/aromatic N) is 1. The van der Waals surface area contributed by atoms with E-state index in [0.717, 1.165) is 34.1 Å². The Balaban J connectivity index is 1.48. The molecule has 2 aromatic carbocycles. The number of carbonyl (C=O) groups is 2. The third kappa shape index (κ3) is 4.85. The summed E-state index contributed by atoms with van der Waals surface area (Å²) in [4.78, 5) is 24.7. The number of esters is 1.